The van der Waals surface area contributed by atoms with Crippen LogP contribution in [0.4, 0.5) is 0 Å². The molecule has 0 bridgehead atoms. The van der Waals surface area contributed by atoms with Gasteiger partial charge in [-0.2, -0.15) is 0 Å². The summed E-state index contributed by atoms with van der Waals surface area (Å²) in [5.74, 6) is -0.0274. The van der Waals surface area contributed by atoms with Crippen LogP contribution in [0.15, 0.2) is 42.5 Å². The Labute approximate surface area is 212 Å². The first-order valence-corrected chi connectivity index (χ1v) is 11.1. The molecule has 1 aliphatic rings. The van der Waals surface area contributed by atoms with E-state index in [-0.39, 0.29) is 18.3 Å². The molecule has 0 saturated carbocycles. The van der Waals surface area contributed by atoms with Crippen molar-refractivity contribution in [3.63, 3.8) is 0 Å². The zero-order chi connectivity index (χ0) is 25.5. The van der Waals surface area contributed by atoms with E-state index in [1.165, 1.54) is 26.4 Å². The van der Waals surface area contributed by atoms with Crippen LogP contribution < -0.4 is 14.2 Å². The summed E-state index contributed by atoms with van der Waals surface area (Å²) in [6, 6.07) is 12.4. The number of aliphatic hydroxyl groups excluding tert-OH is 3. The molecule has 3 unspecified atom stereocenters. The highest BCUT2D eigenvalue weighted by molar-refractivity contribution is 14.1. The number of hydrogen-bond donors (Lipinski definition) is 4. The van der Waals surface area contributed by atoms with Crippen LogP contribution in [0.25, 0.3) is 0 Å². The van der Waals surface area contributed by atoms with Gasteiger partial charge >= 0.3 is 5.97 Å². The second-order valence-electron chi connectivity index (χ2n) is 6.79. The molecule has 3 rings (SSSR count). The van der Waals surface area contributed by atoms with Crippen molar-refractivity contribution < 1.29 is 47.2 Å². The Balaban J connectivity index is 0.000000374. The molecule has 2 aromatic carbocycles. The molecule has 0 radical (unpaired) electrons. The molecule has 4 N–H and O–H groups in total. The van der Waals surface area contributed by atoms with Crippen molar-refractivity contribution in [1.29, 1.82) is 0 Å². The molecule has 0 aromatic heterocycles. The third-order valence-electron chi connectivity index (χ3n) is 4.72. The number of benzene rings is 2. The van der Waals surface area contributed by atoms with Crippen molar-refractivity contribution in [3.8, 4) is 17.2 Å². The monoisotopic (exact) mass is 594 g/mol. The number of carbonyl (C=O) groups is 1. The number of aromatic carboxylic acids is 1. The number of carboxylic acids is 1. The predicted molar refractivity (Wildman–Crippen MR) is 132 cm³/mol. The van der Waals surface area contributed by atoms with Crippen LogP contribution in [-0.4, -0.2) is 79.3 Å². The molecule has 0 spiro atoms. The number of methoxy groups -OCH3 is 2. The van der Waals surface area contributed by atoms with E-state index in [1.54, 1.807) is 23.0 Å². The Bertz CT molecular complexity index is 812. The Kier molecular flexibility index (Phi) is 14.5. The molecule has 34 heavy (non-hydrogen) atoms. The average molecular weight is 594 g/mol. The highest BCUT2D eigenvalue weighted by atomic mass is 127. The van der Waals surface area contributed by atoms with Gasteiger partial charge in [0, 0.05) is 20.1 Å². The van der Waals surface area contributed by atoms with E-state index in [2.05, 4.69) is 0 Å². The van der Waals surface area contributed by atoms with Gasteiger partial charge in [-0.15, -0.1) is 0 Å². The highest BCUT2D eigenvalue weighted by Gasteiger charge is 2.32. The second-order valence-corrected chi connectivity index (χ2v) is 7.30. The predicted octanol–water partition coefficient (Wildman–Crippen LogP) is 2.45. The van der Waals surface area contributed by atoms with E-state index in [1.807, 2.05) is 30.3 Å². The average Bonchev–Trinajstić information content (AvgIpc) is 2.89. The Hall–Kier alpha value is -2.16. The molecule has 11 heteroatoms. The zero-order valence-corrected chi connectivity index (χ0v) is 21.4. The van der Waals surface area contributed by atoms with Crippen molar-refractivity contribution >= 4 is 29.0 Å². The molecule has 1 heterocycles. The zero-order valence-electron chi connectivity index (χ0n) is 19.2. The van der Waals surface area contributed by atoms with E-state index < -0.39 is 18.2 Å². The summed E-state index contributed by atoms with van der Waals surface area (Å²) in [5.41, 5.74) is 1.07. The Morgan fingerprint density at radius 3 is 2.18 bits per heavy atom. The first kappa shape index (κ1) is 29.9. The lowest BCUT2D eigenvalue weighted by molar-refractivity contribution is -0.132. The fraction of sp³-hybridized carbons (Fsp3) is 0.435. The number of carboxylic acid groups (broad SMARTS) is 1. The van der Waals surface area contributed by atoms with Crippen molar-refractivity contribution in [1.82, 2.24) is 0 Å². The first-order valence-electron chi connectivity index (χ1n) is 10.2. The van der Waals surface area contributed by atoms with Crippen LogP contribution in [0.2, 0.25) is 0 Å². The van der Waals surface area contributed by atoms with Crippen LogP contribution >= 0.6 is 23.0 Å². The van der Waals surface area contributed by atoms with Gasteiger partial charge in [0.2, 0.25) is 5.75 Å². The van der Waals surface area contributed by atoms with Crippen molar-refractivity contribution in [2.24, 2.45) is 0 Å². The summed E-state index contributed by atoms with van der Waals surface area (Å²) in [6.07, 6.45) is -0.712. The third kappa shape index (κ3) is 8.89. The minimum Gasteiger partial charge on any atom is -0.493 e. The maximum Gasteiger partial charge on any atom is 0.335 e. The summed E-state index contributed by atoms with van der Waals surface area (Å²) in [4.78, 5) is 11.1. The van der Waals surface area contributed by atoms with E-state index in [0.717, 1.165) is 12.7 Å². The fourth-order valence-electron chi connectivity index (χ4n) is 2.98. The van der Waals surface area contributed by atoms with Gasteiger partial charge in [0.25, 0.3) is 0 Å². The summed E-state index contributed by atoms with van der Waals surface area (Å²) in [7, 11) is 3.91. The standard InChI is InChI=1S/C16H16O5.C6H11IO4.CH4O/c1-19-13-8-12(16(17)18)9-14(20-2)15(13)21-10-11-6-4-3-5-7-11;7-11-4-1-2-10-5(3-8)6(4)9;1-2/h3-9H,10H2,1-2H3,(H,17,18);4-6,8-9H,1-3H2;2H,1H3. The Morgan fingerprint density at radius 2 is 1.71 bits per heavy atom. The lowest BCUT2D eigenvalue weighted by atomic mass is 10.0. The van der Waals surface area contributed by atoms with Gasteiger partial charge in [-0.25, -0.2) is 4.79 Å². The van der Waals surface area contributed by atoms with Crippen LogP contribution in [-0.2, 0) is 14.4 Å². The van der Waals surface area contributed by atoms with E-state index in [4.69, 9.17) is 37.3 Å². The molecule has 3 atom stereocenters. The molecule has 2 aromatic rings. The summed E-state index contributed by atoms with van der Waals surface area (Å²) in [6.45, 7) is 0.716. The van der Waals surface area contributed by atoms with Crippen molar-refractivity contribution in [3.05, 3.63) is 53.6 Å². The summed E-state index contributed by atoms with van der Waals surface area (Å²) in [5, 5.41) is 34.2. The molecule has 0 aliphatic carbocycles. The smallest absolute Gasteiger partial charge is 0.335 e. The lowest BCUT2D eigenvalue weighted by Crippen LogP contribution is -2.46. The van der Waals surface area contributed by atoms with Gasteiger partial charge in [-0.05, 0) is 17.7 Å². The van der Waals surface area contributed by atoms with E-state index in [9.17, 15) is 9.90 Å². The highest BCUT2D eigenvalue weighted by Crippen LogP contribution is 2.39. The number of halogens is 1. The topological polar surface area (TPSA) is 144 Å². The van der Waals surface area contributed by atoms with Crippen molar-refractivity contribution in [2.75, 3.05) is 34.5 Å². The largest absolute Gasteiger partial charge is 0.493 e. The Morgan fingerprint density at radius 1 is 1.12 bits per heavy atom. The van der Waals surface area contributed by atoms with Crippen LogP contribution in [0.5, 0.6) is 17.2 Å². The van der Waals surface area contributed by atoms with Crippen LogP contribution in [0, 0.1) is 0 Å². The molecule has 1 aliphatic heterocycles. The molecular weight excluding hydrogens is 563 g/mol. The van der Waals surface area contributed by atoms with Gasteiger partial charge in [0.05, 0.1) is 26.4 Å². The lowest BCUT2D eigenvalue weighted by Gasteiger charge is -2.31. The number of rotatable bonds is 8. The van der Waals surface area contributed by atoms with Crippen LogP contribution in [0.1, 0.15) is 22.3 Å². The number of ether oxygens (including phenoxy) is 4. The molecular formula is C23H31IO10. The summed E-state index contributed by atoms with van der Waals surface area (Å²) >= 11 is 1.75. The van der Waals surface area contributed by atoms with Gasteiger partial charge in [0.1, 0.15) is 47.9 Å². The minimum atomic E-state index is -1.05. The molecule has 0 amide bonds. The van der Waals surface area contributed by atoms with Gasteiger partial charge in [0.15, 0.2) is 11.5 Å². The van der Waals surface area contributed by atoms with Gasteiger partial charge in [-0.3, -0.25) is 0 Å². The SMILES string of the molecule is CO.COc1cc(C(=O)O)cc(OC)c1OCc1ccccc1.OCC1OCCC(OI)C1O. The van der Waals surface area contributed by atoms with Crippen molar-refractivity contribution in [2.45, 2.75) is 31.3 Å². The van der Waals surface area contributed by atoms with Gasteiger partial charge < -0.3 is 42.4 Å². The maximum atomic E-state index is 11.1. The van der Waals surface area contributed by atoms with Crippen LogP contribution in [0.3, 0.4) is 0 Å². The molecule has 1 saturated heterocycles. The van der Waals surface area contributed by atoms with E-state index >= 15 is 0 Å². The maximum absolute atomic E-state index is 11.1. The molecule has 190 valence electrons. The quantitative estimate of drug-likeness (QED) is 0.337. The second kappa shape index (κ2) is 16.5. The summed E-state index contributed by atoms with van der Waals surface area (Å²) < 4.78 is 26.2. The van der Waals surface area contributed by atoms with Gasteiger partial charge in [-0.1, -0.05) is 30.3 Å². The number of aliphatic hydroxyl groups is 3. The fourth-order valence-corrected chi connectivity index (χ4v) is 3.53. The normalized spacial score (nSPS) is 19.0. The third-order valence-corrected chi connectivity index (χ3v) is 5.38. The van der Waals surface area contributed by atoms with E-state index in [0.29, 0.717) is 36.9 Å². The first-order chi connectivity index (χ1) is 16.4. The minimum absolute atomic E-state index is 0.0794. The molecule has 10 nitrogen and oxygen atoms in total. The molecule has 1 fully saturated rings. The number of hydrogen-bond acceptors (Lipinski definition) is 9.